The van der Waals surface area contributed by atoms with Crippen molar-refractivity contribution in [3.05, 3.63) is 50.9 Å². The molecule has 0 N–H and O–H groups in total. The van der Waals surface area contributed by atoms with Gasteiger partial charge in [0, 0.05) is 11.3 Å². The highest BCUT2D eigenvalue weighted by molar-refractivity contribution is 5.99. The van der Waals surface area contributed by atoms with Gasteiger partial charge in [0.15, 0.2) is 11.5 Å². The molecule has 0 saturated carbocycles. The van der Waals surface area contributed by atoms with E-state index in [4.69, 9.17) is 14.2 Å². The molecule has 0 aliphatic carbocycles. The zero-order chi connectivity index (χ0) is 19.4. The summed E-state index contributed by atoms with van der Waals surface area (Å²) in [5.74, 6) is 1.45. The van der Waals surface area contributed by atoms with Crippen LogP contribution in [-0.4, -0.2) is 31.7 Å². The standard InChI is InChI=1S/C19H21N3O4/c1-11-7-12(2)22(19(23)15(11)10-20)21-13(3)14-8-16(24-4)18(26-6)17(9-14)25-5/h7-9H,1-6H3. The summed E-state index contributed by atoms with van der Waals surface area (Å²) in [5.41, 5.74) is 2.16. The fraction of sp³-hybridized carbons (Fsp3) is 0.316. The molecular formula is C19H21N3O4. The summed E-state index contributed by atoms with van der Waals surface area (Å²) < 4.78 is 17.2. The maximum Gasteiger partial charge on any atom is 0.289 e. The number of nitriles is 1. The molecule has 1 heterocycles. The van der Waals surface area contributed by atoms with Gasteiger partial charge < -0.3 is 14.2 Å². The molecule has 2 rings (SSSR count). The number of pyridine rings is 1. The van der Waals surface area contributed by atoms with Crippen molar-refractivity contribution in [3.63, 3.8) is 0 Å². The van der Waals surface area contributed by atoms with E-state index in [-0.39, 0.29) is 5.56 Å². The summed E-state index contributed by atoms with van der Waals surface area (Å²) in [7, 11) is 4.59. The fourth-order valence-electron chi connectivity index (χ4n) is 2.64. The largest absolute Gasteiger partial charge is 0.493 e. The number of benzene rings is 1. The van der Waals surface area contributed by atoms with Gasteiger partial charge in [-0.1, -0.05) is 0 Å². The van der Waals surface area contributed by atoms with Gasteiger partial charge in [-0.2, -0.15) is 10.4 Å². The molecule has 136 valence electrons. The highest BCUT2D eigenvalue weighted by atomic mass is 16.5. The van der Waals surface area contributed by atoms with Crippen LogP contribution in [0.25, 0.3) is 0 Å². The molecule has 0 unspecified atom stereocenters. The highest BCUT2D eigenvalue weighted by Crippen LogP contribution is 2.38. The van der Waals surface area contributed by atoms with Crippen LogP contribution in [0.1, 0.15) is 29.3 Å². The SMILES string of the molecule is COc1cc(C(C)=Nn2c(C)cc(C)c(C#N)c2=O)cc(OC)c1OC. The van der Waals surface area contributed by atoms with Gasteiger partial charge in [-0.05, 0) is 44.5 Å². The summed E-state index contributed by atoms with van der Waals surface area (Å²) in [6, 6.07) is 7.19. The summed E-state index contributed by atoms with van der Waals surface area (Å²) in [6.45, 7) is 5.26. The van der Waals surface area contributed by atoms with Crippen molar-refractivity contribution >= 4 is 5.71 Å². The zero-order valence-corrected chi connectivity index (χ0v) is 15.7. The van der Waals surface area contributed by atoms with E-state index in [9.17, 15) is 10.1 Å². The van der Waals surface area contributed by atoms with Gasteiger partial charge in [0.05, 0.1) is 27.0 Å². The molecule has 0 saturated heterocycles. The second-order valence-corrected chi connectivity index (χ2v) is 5.67. The van der Waals surface area contributed by atoms with Gasteiger partial charge >= 0.3 is 0 Å². The van der Waals surface area contributed by atoms with Crippen LogP contribution in [0.15, 0.2) is 28.1 Å². The van der Waals surface area contributed by atoms with Gasteiger partial charge in [-0.3, -0.25) is 4.79 Å². The molecule has 0 amide bonds. The van der Waals surface area contributed by atoms with Crippen molar-refractivity contribution < 1.29 is 14.2 Å². The quantitative estimate of drug-likeness (QED) is 0.770. The summed E-state index contributed by atoms with van der Waals surface area (Å²) in [4.78, 5) is 12.5. The van der Waals surface area contributed by atoms with Crippen LogP contribution >= 0.6 is 0 Å². The smallest absolute Gasteiger partial charge is 0.289 e. The molecule has 0 aliphatic rings. The number of methoxy groups -OCH3 is 3. The normalized spacial score (nSPS) is 11.0. The number of aromatic nitrogens is 1. The van der Waals surface area contributed by atoms with Crippen LogP contribution < -0.4 is 19.8 Å². The second kappa shape index (κ2) is 7.74. The molecule has 1 aromatic heterocycles. The van der Waals surface area contributed by atoms with E-state index >= 15 is 0 Å². The van der Waals surface area contributed by atoms with E-state index in [1.54, 1.807) is 39.0 Å². The minimum absolute atomic E-state index is 0.0806. The maximum atomic E-state index is 12.5. The van der Waals surface area contributed by atoms with Crippen LogP contribution in [-0.2, 0) is 0 Å². The third-order valence-electron chi connectivity index (χ3n) is 4.00. The van der Waals surface area contributed by atoms with Crippen LogP contribution in [0.4, 0.5) is 0 Å². The van der Waals surface area contributed by atoms with E-state index in [0.29, 0.717) is 39.8 Å². The van der Waals surface area contributed by atoms with Crippen LogP contribution in [0.2, 0.25) is 0 Å². The number of hydrogen-bond acceptors (Lipinski definition) is 6. The Balaban J connectivity index is 2.66. The Morgan fingerprint density at radius 2 is 1.65 bits per heavy atom. The Morgan fingerprint density at radius 1 is 1.08 bits per heavy atom. The molecule has 0 radical (unpaired) electrons. The first-order chi connectivity index (χ1) is 12.4. The Hall–Kier alpha value is -3.27. The topological polar surface area (TPSA) is 85.8 Å². The molecule has 0 spiro atoms. The van der Waals surface area contributed by atoms with Crippen molar-refractivity contribution in [1.29, 1.82) is 5.26 Å². The third kappa shape index (κ3) is 3.40. The van der Waals surface area contributed by atoms with Crippen LogP contribution in [0.5, 0.6) is 17.2 Å². The Labute approximate surface area is 152 Å². The lowest BCUT2D eigenvalue weighted by molar-refractivity contribution is 0.324. The number of rotatable bonds is 5. The van der Waals surface area contributed by atoms with E-state index in [1.807, 2.05) is 6.07 Å². The average Bonchev–Trinajstić information content (AvgIpc) is 2.63. The van der Waals surface area contributed by atoms with E-state index in [0.717, 1.165) is 0 Å². The second-order valence-electron chi connectivity index (χ2n) is 5.67. The number of ether oxygens (including phenoxy) is 3. The lowest BCUT2D eigenvalue weighted by Crippen LogP contribution is -2.23. The average molecular weight is 355 g/mol. The number of aryl methyl sites for hydroxylation is 2. The van der Waals surface area contributed by atoms with Crippen LogP contribution in [0.3, 0.4) is 0 Å². The number of hydrogen-bond donors (Lipinski definition) is 0. The maximum absolute atomic E-state index is 12.5. The molecule has 26 heavy (non-hydrogen) atoms. The van der Waals surface area contributed by atoms with Crippen LogP contribution in [0, 0.1) is 25.2 Å². The van der Waals surface area contributed by atoms with Gasteiger partial charge in [0.25, 0.3) is 5.56 Å². The Bertz CT molecular complexity index is 943. The first kappa shape index (κ1) is 19.1. The summed E-state index contributed by atoms with van der Waals surface area (Å²) in [5, 5.41) is 13.6. The van der Waals surface area contributed by atoms with Gasteiger partial charge in [0.2, 0.25) is 5.75 Å². The van der Waals surface area contributed by atoms with Crippen molar-refractivity contribution in [2.24, 2.45) is 5.10 Å². The molecule has 7 nitrogen and oxygen atoms in total. The third-order valence-corrected chi connectivity index (χ3v) is 4.00. The predicted octanol–water partition coefficient (Wildman–Crippen LogP) is 2.63. The van der Waals surface area contributed by atoms with Crippen molar-refractivity contribution in [2.45, 2.75) is 20.8 Å². The monoisotopic (exact) mass is 355 g/mol. The van der Waals surface area contributed by atoms with Crippen molar-refractivity contribution in [1.82, 2.24) is 4.68 Å². The van der Waals surface area contributed by atoms with Crippen molar-refractivity contribution in [2.75, 3.05) is 21.3 Å². The molecule has 0 atom stereocenters. The number of nitrogens with zero attached hydrogens (tertiary/aromatic N) is 3. The first-order valence-corrected chi connectivity index (χ1v) is 7.87. The zero-order valence-electron chi connectivity index (χ0n) is 15.7. The first-order valence-electron chi connectivity index (χ1n) is 7.87. The lowest BCUT2D eigenvalue weighted by atomic mass is 10.1. The lowest BCUT2D eigenvalue weighted by Gasteiger charge is -2.14. The molecular weight excluding hydrogens is 334 g/mol. The highest BCUT2D eigenvalue weighted by Gasteiger charge is 2.15. The Morgan fingerprint density at radius 3 is 2.12 bits per heavy atom. The molecule has 0 fully saturated rings. The van der Waals surface area contributed by atoms with E-state index in [1.165, 1.54) is 26.0 Å². The van der Waals surface area contributed by atoms with Crippen molar-refractivity contribution in [3.8, 4) is 23.3 Å². The summed E-state index contributed by atoms with van der Waals surface area (Å²) in [6.07, 6.45) is 0. The molecule has 7 heteroatoms. The van der Waals surface area contributed by atoms with Gasteiger partial charge in [-0.15, -0.1) is 0 Å². The predicted molar refractivity (Wildman–Crippen MR) is 98.6 cm³/mol. The van der Waals surface area contributed by atoms with E-state index in [2.05, 4.69) is 5.10 Å². The molecule has 0 bridgehead atoms. The fourth-order valence-corrected chi connectivity index (χ4v) is 2.64. The summed E-state index contributed by atoms with van der Waals surface area (Å²) >= 11 is 0. The van der Waals surface area contributed by atoms with E-state index < -0.39 is 5.56 Å². The minimum atomic E-state index is -0.447. The molecule has 2 aromatic rings. The molecule has 1 aromatic carbocycles. The van der Waals surface area contributed by atoms with Gasteiger partial charge in [-0.25, -0.2) is 4.68 Å². The van der Waals surface area contributed by atoms with Gasteiger partial charge in [0.1, 0.15) is 11.6 Å². The minimum Gasteiger partial charge on any atom is -0.493 e. The Kier molecular flexibility index (Phi) is 5.68. The molecule has 0 aliphatic heterocycles.